The second-order valence-corrected chi connectivity index (χ2v) is 7.56. The Kier molecular flexibility index (Phi) is 5.84. The molecular weight excluding hydrogens is 396 g/mol. The van der Waals surface area contributed by atoms with Gasteiger partial charge < -0.3 is 24.1 Å². The Labute approximate surface area is 180 Å². The van der Waals surface area contributed by atoms with Gasteiger partial charge in [0.2, 0.25) is 11.8 Å². The molecule has 0 spiro atoms. The summed E-state index contributed by atoms with van der Waals surface area (Å²) in [5.74, 6) is 1.21. The number of furan rings is 1. The number of ether oxygens (including phenoxy) is 2. The van der Waals surface area contributed by atoms with Gasteiger partial charge in [0.1, 0.15) is 11.5 Å². The Hall–Kier alpha value is -3.48. The standard InChI is InChI=1S/C24H26N2O5/c1-4-30-20-11-7-8-16-12-21(31-23(16)20)15(2)25-24(28)17-13-22(27)26(14-17)18-9-5-6-10-19(18)29-3/h5-12,15,17H,4,13-14H2,1-3H3,(H,25,28). The van der Waals surface area contributed by atoms with Gasteiger partial charge in [-0.25, -0.2) is 0 Å². The van der Waals surface area contributed by atoms with Gasteiger partial charge >= 0.3 is 0 Å². The predicted molar refractivity (Wildman–Crippen MR) is 117 cm³/mol. The van der Waals surface area contributed by atoms with Crippen molar-refractivity contribution in [3.8, 4) is 11.5 Å². The first-order valence-electron chi connectivity index (χ1n) is 10.4. The molecule has 1 N–H and O–H groups in total. The first kappa shape index (κ1) is 20.8. The molecule has 0 aliphatic carbocycles. The molecule has 0 radical (unpaired) electrons. The SMILES string of the molecule is CCOc1cccc2cc(C(C)NC(=O)C3CC(=O)N(c4ccccc4OC)C3)oc12. The number of hydrogen-bond acceptors (Lipinski definition) is 5. The van der Waals surface area contributed by atoms with Crippen molar-refractivity contribution in [2.45, 2.75) is 26.3 Å². The van der Waals surface area contributed by atoms with Crippen LogP contribution in [-0.2, 0) is 9.59 Å². The normalized spacial score (nSPS) is 17.1. The summed E-state index contributed by atoms with van der Waals surface area (Å²) in [4.78, 5) is 27.1. The summed E-state index contributed by atoms with van der Waals surface area (Å²) < 4.78 is 17.0. The monoisotopic (exact) mass is 422 g/mol. The lowest BCUT2D eigenvalue weighted by atomic mass is 10.1. The lowest BCUT2D eigenvalue weighted by Crippen LogP contribution is -2.34. The summed E-state index contributed by atoms with van der Waals surface area (Å²) in [5, 5.41) is 3.91. The maximum atomic E-state index is 12.9. The molecule has 1 saturated heterocycles. The highest BCUT2D eigenvalue weighted by molar-refractivity contribution is 6.01. The topological polar surface area (TPSA) is 81.0 Å². The van der Waals surface area contributed by atoms with Gasteiger partial charge in [-0.3, -0.25) is 9.59 Å². The molecule has 7 heteroatoms. The molecule has 2 unspecified atom stereocenters. The van der Waals surface area contributed by atoms with Gasteiger partial charge in [0.05, 0.1) is 31.4 Å². The summed E-state index contributed by atoms with van der Waals surface area (Å²) >= 11 is 0. The summed E-state index contributed by atoms with van der Waals surface area (Å²) in [5.41, 5.74) is 1.35. The molecule has 4 rings (SSSR count). The van der Waals surface area contributed by atoms with Gasteiger partial charge in [0, 0.05) is 18.4 Å². The maximum Gasteiger partial charge on any atom is 0.227 e. The fourth-order valence-electron chi connectivity index (χ4n) is 3.91. The van der Waals surface area contributed by atoms with Crippen molar-refractivity contribution in [2.75, 3.05) is 25.2 Å². The molecular formula is C24H26N2O5. The van der Waals surface area contributed by atoms with Gasteiger partial charge in [-0.15, -0.1) is 0 Å². The number of nitrogens with zero attached hydrogens (tertiary/aromatic N) is 1. The summed E-state index contributed by atoms with van der Waals surface area (Å²) in [7, 11) is 1.57. The Balaban J connectivity index is 1.47. The van der Waals surface area contributed by atoms with E-state index in [1.807, 2.05) is 56.3 Å². The minimum atomic E-state index is -0.441. The van der Waals surface area contributed by atoms with Crippen molar-refractivity contribution in [1.82, 2.24) is 5.32 Å². The van der Waals surface area contributed by atoms with E-state index in [9.17, 15) is 9.59 Å². The average molecular weight is 422 g/mol. The van der Waals surface area contributed by atoms with E-state index in [2.05, 4.69) is 5.32 Å². The first-order valence-corrected chi connectivity index (χ1v) is 10.4. The van der Waals surface area contributed by atoms with Gasteiger partial charge in [0.15, 0.2) is 11.3 Å². The first-order chi connectivity index (χ1) is 15.0. The molecule has 1 aromatic heterocycles. The van der Waals surface area contributed by atoms with Gasteiger partial charge in [0.25, 0.3) is 0 Å². The smallest absolute Gasteiger partial charge is 0.227 e. The zero-order chi connectivity index (χ0) is 22.0. The highest BCUT2D eigenvalue weighted by atomic mass is 16.5. The van der Waals surface area contributed by atoms with Crippen LogP contribution in [0.2, 0.25) is 0 Å². The van der Waals surface area contributed by atoms with E-state index < -0.39 is 5.92 Å². The Bertz CT molecular complexity index is 1110. The molecule has 2 aromatic carbocycles. The van der Waals surface area contributed by atoms with Crippen LogP contribution in [-0.4, -0.2) is 32.1 Å². The van der Waals surface area contributed by atoms with Crippen molar-refractivity contribution >= 4 is 28.5 Å². The number of benzene rings is 2. The zero-order valence-corrected chi connectivity index (χ0v) is 17.9. The molecule has 1 aliphatic heterocycles. The van der Waals surface area contributed by atoms with Crippen LogP contribution in [0.1, 0.15) is 32.1 Å². The highest BCUT2D eigenvalue weighted by Gasteiger charge is 2.36. The van der Waals surface area contributed by atoms with Crippen LogP contribution >= 0.6 is 0 Å². The van der Waals surface area contributed by atoms with Crippen molar-refractivity contribution in [3.63, 3.8) is 0 Å². The van der Waals surface area contributed by atoms with Crippen LogP contribution in [0.15, 0.2) is 52.9 Å². The zero-order valence-electron chi connectivity index (χ0n) is 17.9. The second kappa shape index (κ2) is 8.71. The number of para-hydroxylation sites is 3. The molecule has 0 saturated carbocycles. The number of fused-ring (bicyclic) bond motifs is 1. The summed E-state index contributed by atoms with van der Waals surface area (Å²) in [6.07, 6.45) is 0.158. The number of rotatable bonds is 7. The number of carbonyl (C=O) groups is 2. The Morgan fingerprint density at radius 3 is 2.77 bits per heavy atom. The van der Waals surface area contributed by atoms with Crippen LogP contribution in [0.5, 0.6) is 11.5 Å². The lowest BCUT2D eigenvalue weighted by Gasteiger charge is -2.20. The van der Waals surface area contributed by atoms with E-state index in [0.717, 1.165) is 5.39 Å². The molecule has 1 aliphatic rings. The fourth-order valence-corrected chi connectivity index (χ4v) is 3.91. The number of methoxy groups -OCH3 is 1. The van der Waals surface area contributed by atoms with Gasteiger partial charge in [-0.1, -0.05) is 24.3 Å². The number of amides is 2. The van der Waals surface area contributed by atoms with Crippen molar-refractivity contribution in [3.05, 3.63) is 54.3 Å². The lowest BCUT2D eigenvalue weighted by molar-refractivity contribution is -0.127. The van der Waals surface area contributed by atoms with Crippen LogP contribution in [0, 0.1) is 5.92 Å². The van der Waals surface area contributed by atoms with Crippen LogP contribution in [0.25, 0.3) is 11.0 Å². The largest absolute Gasteiger partial charge is 0.495 e. The van der Waals surface area contributed by atoms with Gasteiger partial charge in [-0.05, 0) is 38.1 Å². The molecule has 2 heterocycles. The molecule has 162 valence electrons. The molecule has 3 aromatic rings. The summed E-state index contributed by atoms with van der Waals surface area (Å²) in [6, 6.07) is 14.6. The van der Waals surface area contributed by atoms with Crippen molar-refractivity contribution < 1.29 is 23.5 Å². The molecule has 2 atom stereocenters. The Morgan fingerprint density at radius 1 is 1.23 bits per heavy atom. The van der Waals surface area contributed by atoms with Crippen LogP contribution in [0.3, 0.4) is 0 Å². The molecule has 2 amide bonds. The third-order valence-electron chi connectivity index (χ3n) is 5.48. The number of nitrogens with one attached hydrogen (secondary N) is 1. The molecule has 7 nitrogen and oxygen atoms in total. The fraction of sp³-hybridized carbons (Fsp3) is 0.333. The van der Waals surface area contributed by atoms with E-state index in [-0.39, 0.29) is 24.3 Å². The van der Waals surface area contributed by atoms with Gasteiger partial charge in [-0.2, -0.15) is 0 Å². The Morgan fingerprint density at radius 2 is 2.00 bits per heavy atom. The van der Waals surface area contributed by atoms with Crippen LogP contribution < -0.4 is 19.7 Å². The number of hydrogen-bond donors (Lipinski definition) is 1. The van der Waals surface area contributed by atoms with E-state index in [0.29, 0.717) is 41.7 Å². The third-order valence-corrected chi connectivity index (χ3v) is 5.48. The van der Waals surface area contributed by atoms with Crippen molar-refractivity contribution in [2.24, 2.45) is 5.92 Å². The van der Waals surface area contributed by atoms with E-state index in [1.165, 1.54) is 0 Å². The van der Waals surface area contributed by atoms with E-state index in [1.54, 1.807) is 18.1 Å². The van der Waals surface area contributed by atoms with E-state index in [4.69, 9.17) is 13.9 Å². The predicted octanol–water partition coefficient (Wildman–Crippen LogP) is 4.07. The minimum Gasteiger partial charge on any atom is -0.495 e. The minimum absolute atomic E-state index is 0.0950. The van der Waals surface area contributed by atoms with E-state index >= 15 is 0 Å². The second-order valence-electron chi connectivity index (χ2n) is 7.56. The van der Waals surface area contributed by atoms with Crippen LogP contribution in [0.4, 0.5) is 5.69 Å². The van der Waals surface area contributed by atoms with Crippen molar-refractivity contribution in [1.29, 1.82) is 0 Å². The molecule has 31 heavy (non-hydrogen) atoms. The maximum absolute atomic E-state index is 12.9. The highest BCUT2D eigenvalue weighted by Crippen LogP contribution is 2.34. The number of anilines is 1. The number of carbonyl (C=O) groups excluding carboxylic acids is 2. The quantitative estimate of drug-likeness (QED) is 0.621. The average Bonchev–Trinajstić information content (AvgIpc) is 3.38. The third kappa shape index (κ3) is 4.08. The molecule has 0 bridgehead atoms. The molecule has 1 fully saturated rings. The summed E-state index contributed by atoms with van der Waals surface area (Å²) in [6.45, 7) is 4.64.